The SMILES string of the molecule is c1ccc(-c2cc(-c3ccccc3)cc(-c3ccc(-c4nc(-c5ccccc5)c5c(n4)sc4ccccc45)cc3)c2)cc1.c1ccc(-c2ncc(-c3ccc(-c4nc(-c5ccccc5)c5c(n4)sc4ccccc45)cc3)c(-c3ccccc3)n2)cc1. The molecule has 5 aromatic heterocycles. The summed E-state index contributed by atoms with van der Waals surface area (Å²) in [5, 5.41) is 4.63. The van der Waals surface area contributed by atoms with E-state index in [4.69, 9.17) is 29.9 Å². The van der Waals surface area contributed by atoms with Crippen LogP contribution in [-0.4, -0.2) is 29.9 Å². The van der Waals surface area contributed by atoms with Crippen molar-refractivity contribution < 1.29 is 0 Å². The summed E-state index contributed by atoms with van der Waals surface area (Å²) in [4.78, 5) is 32.3. The smallest absolute Gasteiger partial charge is 0.161 e. The van der Waals surface area contributed by atoms with Gasteiger partial charge in [0.1, 0.15) is 9.66 Å². The van der Waals surface area contributed by atoms with Crippen LogP contribution in [0.15, 0.2) is 303 Å². The van der Waals surface area contributed by atoms with Crippen molar-refractivity contribution >= 4 is 63.3 Å². The predicted molar refractivity (Wildman–Crippen MR) is 360 cm³/mol. The van der Waals surface area contributed by atoms with E-state index in [-0.39, 0.29) is 0 Å². The minimum Gasteiger partial charge on any atom is -0.236 e. The number of nitrogens with zero attached hydrogens (tertiary/aromatic N) is 6. The Morgan fingerprint density at radius 2 is 0.523 bits per heavy atom. The van der Waals surface area contributed by atoms with Gasteiger partial charge in [-0.15, -0.1) is 22.7 Å². The highest BCUT2D eigenvalue weighted by Crippen LogP contribution is 2.42. The quantitative estimate of drug-likeness (QED) is 0.136. The lowest BCUT2D eigenvalue weighted by molar-refractivity contribution is 1.18. The zero-order valence-corrected chi connectivity index (χ0v) is 48.0. The molecule has 0 saturated carbocycles. The second kappa shape index (κ2) is 23.0. The molecule has 16 rings (SSSR count). The Morgan fingerprint density at radius 3 is 0.942 bits per heavy atom. The predicted octanol–water partition coefficient (Wildman–Crippen LogP) is 21.1. The lowest BCUT2D eigenvalue weighted by atomic mass is 9.93. The molecule has 0 fully saturated rings. The van der Waals surface area contributed by atoms with Crippen LogP contribution in [0.5, 0.6) is 0 Å². The van der Waals surface area contributed by atoms with Crippen molar-refractivity contribution in [2.24, 2.45) is 0 Å². The second-order valence-corrected chi connectivity index (χ2v) is 23.0. The van der Waals surface area contributed by atoms with Gasteiger partial charge >= 0.3 is 0 Å². The van der Waals surface area contributed by atoms with Crippen LogP contribution in [0.3, 0.4) is 0 Å². The number of rotatable bonds is 10. The highest BCUT2D eigenvalue weighted by atomic mass is 32.1. The molecule has 8 heteroatoms. The van der Waals surface area contributed by atoms with E-state index in [0.29, 0.717) is 11.6 Å². The average Bonchev–Trinajstić information content (AvgIpc) is 3.46. The van der Waals surface area contributed by atoms with Gasteiger partial charge in [0, 0.05) is 76.1 Å². The first-order valence-electron chi connectivity index (χ1n) is 28.6. The summed E-state index contributed by atoms with van der Waals surface area (Å²) in [6.07, 6.45) is 1.93. The van der Waals surface area contributed by atoms with Crippen molar-refractivity contribution in [2.45, 2.75) is 0 Å². The summed E-state index contributed by atoms with van der Waals surface area (Å²) in [7, 11) is 0. The topological polar surface area (TPSA) is 77.3 Å². The fourth-order valence-electron chi connectivity index (χ4n) is 11.2. The maximum atomic E-state index is 5.17. The van der Waals surface area contributed by atoms with E-state index in [1.165, 1.54) is 48.0 Å². The summed E-state index contributed by atoms with van der Waals surface area (Å²) >= 11 is 3.44. The van der Waals surface area contributed by atoms with E-state index in [0.717, 1.165) is 93.4 Å². The van der Waals surface area contributed by atoms with E-state index in [2.05, 4.69) is 237 Å². The molecule has 404 valence electrons. The van der Waals surface area contributed by atoms with Gasteiger partial charge in [-0.05, 0) is 69.3 Å². The zero-order valence-electron chi connectivity index (χ0n) is 46.4. The van der Waals surface area contributed by atoms with E-state index in [1.54, 1.807) is 22.7 Å². The van der Waals surface area contributed by atoms with Gasteiger partial charge in [0.2, 0.25) is 0 Å². The third-order valence-corrected chi connectivity index (χ3v) is 17.6. The lowest BCUT2D eigenvalue weighted by Gasteiger charge is -2.12. The number of thiophene rings is 2. The van der Waals surface area contributed by atoms with E-state index in [9.17, 15) is 0 Å². The van der Waals surface area contributed by atoms with Crippen LogP contribution in [0.25, 0.3) is 153 Å². The Bertz CT molecular complexity index is 5000. The van der Waals surface area contributed by atoms with Gasteiger partial charge in [0.05, 0.1) is 17.1 Å². The molecule has 0 radical (unpaired) electrons. The van der Waals surface area contributed by atoms with Gasteiger partial charge in [0.25, 0.3) is 0 Å². The van der Waals surface area contributed by atoms with Gasteiger partial charge in [-0.3, -0.25) is 0 Å². The number of aromatic nitrogens is 6. The van der Waals surface area contributed by atoms with Crippen LogP contribution in [-0.2, 0) is 0 Å². The van der Waals surface area contributed by atoms with Crippen molar-refractivity contribution in [2.75, 3.05) is 0 Å². The molecule has 0 atom stereocenters. The van der Waals surface area contributed by atoms with Crippen molar-refractivity contribution in [3.8, 4) is 112 Å². The molecular weight excluding hydrogens is 1090 g/mol. The standard InChI is InChI=1S/C40H26N2S.C38H24N4S/c1-4-12-27(13-5-1)32-24-33(28-14-6-2-7-15-28)26-34(25-32)29-20-22-31(23-21-29)39-41-38(30-16-8-3-9-17-30)37-35-18-10-11-19-36(35)43-40(37)42-39;1-4-12-26(13-5-1)34-31(24-39-36(40-34)28-16-8-3-9-17-28)25-20-22-29(23-21-25)37-41-35(27-14-6-2-7-15-27)33-30-18-10-11-19-32(30)43-38(33)42-37/h1-26H;1-24H. The highest BCUT2D eigenvalue weighted by Gasteiger charge is 2.20. The summed E-state index contributed by atoms with van der Waals surface area (Å²) in [6, 6.07) is 103. The molecule has 6 nitrogen and oxygen atoms in total. The van der Waals surface area contributed by atoms with Gasteiger partial charge < -0.3 is 0 Å². The molecule has 16 aromatic rings. The van der Waals surface area contributed by atoms with Crippen molar-refractivity contribution in [3.05, 3.63) is 303 Å². The normalized spacial score (nSPS) is 11.3. The Hall–Kier alpha value is -10.9. The van der Waals surface area contributed by atoms with Crippen LogP contribution < -0.4 is 0 Å². The lowest BCUT2D eigenvalue weighted by Crippen LogP contribution is -1.96. The number of hydrogen-bond acceptors (Lipinski definition) is 8. The first-order chi connectivity index (χ1) is 42.6. The molecule has 5 heterocycles. The van der Waals surface area contributed by atoms with E-state index < -0.39 is 0 Å². The molecule has 0 N–H and O–H groups in total. The van der Waals surface area contributed by atoms with E-state index >= 15 is 0 Å². The van der Waals surface area contributed by atoms with Gasteiger partial charge in [0.15, 0.2) is 17.5 Å². The molecule has 0 saturated heterocycles. The Morgan fingerprint density at radius 1 is 0.221 bits per heavy atom. The minimum absolute atomic E-state index is 0.707. The molecule has 0 aliphatic carbocycles. The molecule has 0 unspecified atom stereocenters. The minimum atomic E-state index is 0.707. The van der Waals surface area contributed by atoms with Crippen LogP contribution in [0, 0.1) is 0 Å². The Labute approximate surface area is 505 Å². The summed E-state index contributed by atoms with van der Waals surface area (Å²) in [5.41, 5.74) is 18.2. The van der Waals surface area contributed by atoms with Crippen LogP contribution in [0.1, 0.15) is 0 Å². The second-order valence-electron chi connectivity index (χ2n) is 21.0. The number of fused-ring (bicyclic) bond motifs is 6. The Kier molecular flexibility index (Phi) is 13.9. The van der Waals surface area contributed by atoms with Gasteiger partial charge in [-0.2, -0.15) is 0 Å². The molecule has 0 spiro atoms. The molecule has 0 aliphatic rings. The fraction of sp³-hybridized carbons (Fsp3) is 0. The molecular formula is C78H50N6S2. The maximum absolute atomic E-state index is 5.17. The first kappa shape index (κ1) is 51.9. The largest absolute Gasteiger partial charge is 0.236 e. The van der Waals surface area contributed by atoms with Gasteiger partial charge in [-0.1, -0.05) is 267 Å². The number of hydrogen-bond donors (Lipinski definition) is 0. The zero-order chi connectivity index (χ0) is 57.2. The molecule has 0 amide bonds. The van der Waals surface area contributed by atoms with Crippen LogP contribution >= 0.6 is 22.7 Å². The molecule has 11 aromatic carbocycles. The van der Waals surface area contributed by atoms with Crippen LogP contribution in [0.2, 0.25) is 0 Å². The Balaban J connectivity index is 0.000000145. The summed E-state index contributed by atoms with van der Waals surface area (Å²) in [6.45, 7) is 0. The van der Waals surface area contributed by atoms with E-state index in [1.807, 2.05) is 66.9 Å². The number of benzene rings is 11. The highest BCUT2D eigenvalue weighted by molar-refractivity contribution is 7.26. The summed E-state index contributed by atoms with van der Waals surface area (Å²) in [5.74, 6) is 2.16. The van der Waals surface area contributed by atoms with Crippen LogP contribution in [0.4, 0.5) is 0 Å². The third kappa shape index (κ3) is 10.3. The van der Waals surface area contributed by atoms with Gasteiger partial charge in [-0.25, -0.2) is 29.9 Å². The first-order valence-corrected chi connectivity index (χ1v) is 30.2. The molecule has 0 aliphatic heterocycles. The average molecular weight is 1140 g/mol. The monoisotopic (exact) mass is 1130 g/mol. The molecule has 0 bridgehead atoms. The third-order valence-electron chi connectivity index (χ3n) is 15.5. The molecule has 86 heavy (non-hydrogen) atoms. The van der Waals surface area contributed by atoms with Crippen molar-refractivity contribution in [1.29, 1.82) is 0 Å². The fourth-order valence-corrected chi connectivity index (χ4v) is 13.4. The van der Waals surface area contributed by atoms with Crippen molar-refractivity contribution in [3.63, 3.8) is 0 Å². The maximum Gasteiger partial charge on any atom is 0.161 e. The van der Waals surface area contributed by atoms with Crippen molar-refractivity contribution in [1.82, 2.24) is 29.9 Å². The summed E-state index contributed by atoms with van der Waals surface area (Å²) < 4.78 is 2.44.